The molecule has 21 heavy (non-hydrogen) atoms. The molecule has 114 valence electrons. The Bertz CT molecular complexity index is 531. The van der Waals surface area contributed by atoms with Crippen LogP contribution in [0.2, 0.25) is 0 Å². The summed E-state index contributed by atoms with van der Waals surface area (Å²) in [7, 11) is 0. The van der Waals surface area contributed by atoms with E-state index in [4.69, 9.17) is 4.42 Å². The smallest absolute Gasteiger partial charge is 0.234 e. The van der Waals surface area contributed by atoms with Crippen molar-refractivity contribution < 1.29 is 9.21 Å². The number of carbonyl (C=O) groups is 1. The van der Waals surface area contributed by atoms with E-state index in [2.05, 4.69) is 29.3 Å². The van der Waals surface area contributed by atoms with Crippen LogP contribution in [0, 0.1) is 5.92 Å². The van der Waals surface area contributed by atoms with E-state index in [1.165, 1.54) is 19.3 Å². The molecule has 2 atom stereocenters. The normalized spacial score (nSPS) is 27.9. The lowest BCUT2D eigenvalue weighted by Crippen LogP contribution is -2.38. The predicted octanol–water partition coefficient (Wildman–Crippen LogP) is 2.65. The lowest BCUT2D eigenvalue weighted by Gasteiger charge is -2.20. The summed E-state index contributed by atoms with van der Waals surface area (Å²) in [5.41, 5.74) is 0. The van der Waals surface area contributed by atoms with Gasteiger partial charge in [0, 0.05) is 18.0 Å². The summed E-state index contributed by atoms with van der Waals surface area (Å²) in [6.07, 6.45) is 5.98. The van der Waals surface area contributed by atoms with E-state index in [1.807, 2.05) is 0 Å². The number of furan rings is 1. The third-order valence-electron chi connectivity index (χ3n) is 4.87. The molecule has 0 bridgehead atoms. The van der Waals surface area contributed by atoms with Crippen LogP contribution in [0.15, 0.2) is 16.5 Å². The molecule has 3 aliphatic carbocycles. The maximum absolute atomic E-state index is 12.0. The third kappa shape index (κ3) is 3.31. The largest absolute Gasteiger partial charge is 0.464 e. The first-order chi connectivity index (χ1) is 10.2. The van der Waals surface area contributed by atoms with Crippen LogP contribution in [0.5, 0.6) is 0 Å². The van der Waals surface area contributed by atoms with Crippen LogP contribution in [-0.4, -0.2) is 29.4 Å². The molecule has 0 spiro atoms. The second-order valence-electron chi connectivity index (χ2n) is 7.10. The average molecular weight is 288 g/mol. The second kappa shape index (κ2) is 5.16. The number of nitrogens with zero attached hydrogens (tertiary/aromatic N) is 1. The molecular weight excluding hydrogens is 264 g/mol. The Hall–Kier alpha value is -1.29. The molecule has 4 heteroatoms. The fourth-order valence-electron chi connectivity index (χ4n) is 3.04. The molecule has 1 heterocycles. The van der Waals surface area contributed by atoms with Crippen LogP contribution in [-0.2, 0) is 11.3 Å². The summed E-state index contributed by atoms with van der Waals surface area (Å²) in [5, 5.41) is 3.08. The van der Waals surface area contributed by atoms with Crippen molar-refractivity contribution in [3.8, 4) is 0 Å². The summed E-state index contributed by atoms with van der Waals surface area (Å²) >= 11 is 0. The van der Waals surface area contributed by atoms with Gasteiger partial charge in [-0.3, -0.25) is 9.69 Å². The Labute approximate surface area is 125 Å². The minimum absolute atomic E-state index is 0.173. The van der Waals surface area contributed by atoms with Crippen LogP contribution >= 0.6 is 0 Å². The Morgan fingerprint density at radius 3 is 2.71 bits per heavy atom. The molecule has 0 unspecified atom stereocenters. The zero-order valence-corrected chi connectivity index (χ0v) is 12.7. The number of carbonyl (C=O) groups excluding carboxylic acids is 1. The van der Waals surface area contributed by atoms with Crippen molar-refractivity contribution in [3.63, 3.8) is 0 Å². The average Bonchev–Trinajstić information content (AvgIpc) is 3.29. The summed E-state index contributed by atoms with van der Waals surface area (Å²) < 4.78 is 5.99. The highest BCUT2D eigenvalue weighted by molar-refractivity contribution is 5.78. The Morgan fingerprint density at radius 1 is 1.33 bits per heavy atom. The van der Waals surface area contributed by atoms with E-state index in [-0.39, 0.29) is 5.91 Å². The molecule has 0 radical (unpaired) electrons. The van der Waals surface area contributed by atoms with Crippen molar-refractivity contribution in [2.75, 3.05) is 6.54 Å². The van der Waals surface area contributed by atoms with Gasteiger partial charge in [-0.05, 0) is 50.2 Å². The van der Waals surface area contributed by atoms with Crippen LogP contribution < -0.4 is 5.32 Å². The van der Waals surface area contributed by atoms with E-state index < -0.39 is 0 Å². The van der Waals surface area contributed by atoms with E-state index in [0.29, 0.717) is 24.5 Å². The second-order valence-corrected chi connectivity index (χ2v) is 7.10. The lowest BCUT2D eigenvalue weighted by molar-refractivity contribution is -0.122. The molecule has 3 saturated carbocycles. The molecule has 1 N–H and O–H groups in total. The SMILES string of the molecule is C[C@H]1C[C@@H]1c1ccc(CN(CC(=O)NC2CC2)C2CC2)o1. The maximum Gasteiger partial charge on any atom is 0.234 e. The minimum atomic E-state index is 0.173. The van der Waals surface area contributed by atoms with Gasteiger partial charge < -0.3 is 9.73 Å². The predicted molar refractivity (Wildman–Crippen MR) is 79.8 cm³/mol. The van der Waals surface area contributed by atoms with Gasteiger partial charge in [0.15, 0.2) is 0 Å². The molecule has 4 rings (SSSR count). The van der Waals surface area contributed by atoms with Crippen molar-refractivity contribution in [2.45, 2.75) is 63.6 Å². The number of amides is 1. The monoisotopic (exact) mass is 288 g/mol. The van der Waals surface area contributed by atoms with Gasteiger partial charge in [-0.15, -0.1) is 0 Å². The maximum atomic E-state index is 12.0. The number of hydrogen-bond acceptors (Lipinski definition) is 3. The van der Waals surface area contributed by atoms with Gasteiger partial charge in [-0.2, -0.15) is 0 Å². The standard InChI is InChI=1S/C17H24N2O2/c1-11-8-15(11)16-7-6-14(21-16)9-19(13-4-5-13)10-17(20)18-12-2-3-12/h6-7,11-13,15H,2-5,8-10H2,1H3,(H,18,20)/t11-,15-/m0/s1. The molecule has 3 fully saturated rings. The highest BCUT2D eigenvalue weighted by Gasteiger charge is 2.37. The zero-order chi connectivity index (χ0) is 14.4. The van der Waals surface area contributed by atoms with Crippen LogP contribution in [0.3, 0.4) is 0 Å². The molecular formula is C17H24N2O2. The molecule has 0 aliphatic heterocycles. The first kappa shape index (κ1) is 13.4. The zero-order valence-electron chi connectivity index (χ0n) is 12.7. The number of hydrogen-bond donors (Lipinski definition) is 1. The van der Waals surface area contributed by atoms with Crippen molar-refractivity contribution in [3.05, 3.63) is 23.7 Å². The van der Waals surface area contributed by atoms with Crippen molar-refractivity contribution >= 4 is 5.91 Å². The minimum Gasteiger partial charge on any atom is -0.464 e. The van der Waals surface area contributed by atoms with Crippen molar-refractivity contribution in [2.24, 2.45) is 5.92 Å². The Kier molecular flexibility index (Phi) is 3.29. The summed E-state index contributed by atoms with van der Waals surface area (Å²) in [6, 6.07) is 5.24. The lowest BCUT2D eigenvalue weighted by atomic mass is 10.3. The molecule has 1 aromatic heterocycles. The van der Waals surface area contributed by atoms with Gasteiger partial charge in [0.2, 0.25) is 5.91 Å². The molecule has 4 nitrogen and oxygen atoms in total. The van der Waals surface area contributed by atoms with Crippen molar-refractivity contribution in [1.82, 2.24) is 10.2 Å². The Balaban J connectivity index is 1.35. The van der Waals surface area contributed by atoms with Gasteiger partial charge >= 0.3 is 0 Å². The van der Waals surface area contributed by atoms with Gasteiger partial charge in [0.25, 0.3) is 0 Å². The van der Waals surface area contributed by atoms with Gasteiger partial charge in [0.1, 0.15) is 11.5 Å². The number of nitrogens with one attached hydrogen (secondary N) is 1. The first-order valence-corrected chi connectivity index (χ1v) is 8.31. The summed E-state index contributed by atoms with van der Waals surface area (Å²) in [4.78, 5) is 14.3. The van der Waals surface area contributed by atoms with Crippen LogP contribution in [0.25, 0.3) is 0 Å². The fourth-order valence-corrected chi connectivity index (χ4v) is 3.04. The first-order valence-electron chi connectivity index (χ1n) is 8.31. The van der Waals surface area contributed by atoms with Gasteiger partial charge in [-0.25, -0.2) is 0 Å². The molecule has 1 aromatic rings. The van der Waals surface area contributed by atoms with Crippen LogP contribution in [0.1, 0.15) is 56.5 Å². The van der Waals surface area contributed by atoms with E-state index >= 15 is 0 Å². The fraction of sp³-hybridized carbons (Fsp3) is 0.706. The van der Waals surface area contributed by atoms with E-state index in [0.717, 1.165) is 36.8 Å². The van der Waals surface area contributed by atoms with Crippen LogP contribution in [0.4, 0.5) is 0 Å². The highest BCUT2D eigenvalue weighted by atomic mass is 16.3. The molecule has 0 aromatic carbocycles. The van der Waals surface area contributed by atoms with E-state index in [9.17, 15) is 4.79 Å². The highest BCUT2D eigenvalue weighted by Crippen LogP contribution is 2.47. The summed E-state index contributed by atoms with van der Waals surface area (Å²) in [5.74, 6) is 3.72. The third-order valence-corrected chi connectivity index (χ3v) is 4.87. The molecule has 0 saturated heterocycles. The Morgan fingerprint density at radius 2 is 2.10 bits per heavy atom. The molecule has 3 aliphatic rings. The number of rotatable bonds is 7. The quantitative estimate of drug-likeness (QED) is 0.839. The van der Waals surface area contributed by atoms with Gasteiger partial charge in [-0.1, -0.05) is 6.92 Å². The van der Waals surface area contributed by atoms with E-state index in [1.54, 1.807) is 0 Å². The van der Waals surface area contributed by atoms with Crippen molar-refractivity contribution in [1.29, 1.82) is 0 Å². The summed E-state index contributed by atoms with van der Waals surface area (Å²) in [6.45, 7) is 3.55. The molecule has 1 amide bonds. The van der Waals surface area contributed by atoms with Gasteiger partial charge in [0.05, 0.1) is 13.1 Å². The topological polar surface area (TPSA) is 45.5 Å².